The Bertz CT molecular complexity index is 754. The SMILES string of the molecule is Nc1cccc(-c2cc(Oc3ccccc3)ccc2N)c1. The maximum Gasteiger partial charge on any atom is 0.128 e. The lowest BCUT2D eigenvalue weighted by atomic mass is 10.0. The van der Waals surface area contributed by atoms with Gasteiger partial charge in [-0.2, -0.15) is 0 Å². The van der Waals surface area contributed by atoms with Crippen molar-refractivity contribution in [2.24, 2.45) is 0 Å². The molecule has 0 fully saturated rings. The molecule has 0 unspecified atom stereocenters. The van der Waals surface area contributed by atoms with E-state index in [2.05, 4.69) is 0 Å². The number of ether oxygens (including phenoxy) is 1. The zero-order chi connectivity index (χ0) is 14.7. The summed E-state index contributed by atoms with van der Waals surface area (Å²) in [4.78, 5) is 0. The second-order valence-electron chi connectivity index (χ2n) is 4.79. The van der Waals surface area contributed by atoms with E-state index in [4.69, 9.17) is 16.2 Å². The molecule has 0 aliphatic rings. The summed E-state index contributed by atoms with van der Waals surface area (Å²) in [5, 5.41) is 0. The van der Waals surface area contributed by atoms with Crippen LogP contribution in [0.5, 0.6) is 11.5 Å². The largest absolute Gasteiger partial charge is 0.457 e. The number of hydrogen-bond acceptors (Lipinski definition) is 3. The lowest BCUT2D eigenvalue weighted by molar-refractivity contribution is 0.483. The van der Waals surface area contributed by atoms with E-state index in [1.165, 1.54) is 0 Å². The van der Waals surface area contributed by atoms with E-state index < -0.39 is 0 Å². The monoisotopic (exact) mass is 276 g/mol. The minimum Gasteiger partial charge on any atom is -0.457 e. The van der Waals surface area contributed by atoms with E-state index in [0.29, 0.717) is 11.4 Å². The van der Waals surface area contributed by atoms with Crippen molar-refractivity contribution in [2.45, 2.75) is 0 Å². The summed E-state index contributed by atoms with van der Waals surface area (Å²) >= 11 is 0. The van der Waals surface area contributed by atoms with Crippen LogP contribution in [-0.2, 0) is 0 Å². The highest BCUT2D eigenvalue weighted by molar-refractivity contribution is 5.79. The van der Waals surface area contributed by atoms with Crippen LogP contribution in [0.3, 0.4) is 0 Å². The Morgan fingerprint density at radius 3 is 2.24 bits per heavy atom. The van der Waals surface area contributed by atoms with Gasteiger partial charge in [0.05, 0.1) is 0 Å². The third kappa shape index (κ3) is 2.98. The summed E-state index contributed by atoms with van der Waals surface area (Å²) in [6, 6.07) is 22.9. The first-order valence-corrected chi connectivity index (χ1v) is 6.71. The fourth-order valence-electron chi connectivity index (χ4n) is 2.18. The Kier molecular flexibility index (Phi) is 3.48. The van der Waals surface area contributed by atoms with Gasteiger partial charge in [0.25, 0.3) is 0 Å². The number of nitrogen functional groups attached to an aromatic ring is 2. The molecule has 0 saturated heterocycles. The van der Waals surface area contributed by atoms with Crippen molar-refractivity contribution in [1.82, 2.24) is 0 Å². The van der Waals surface area contributed by atoms with Crippen LogP contribution in [0.25, 0.3) is 11.1 Å². The average Bonchev–Trinajstić information content (AvgIpc) is 2.50. The van der Waals surface area contributed by atoms with Gasteiger partial charge in [-0.25, -0.2) is 0 Å². The molecular formula is C18H16N2O. The van der Waals surface area contributed by atoms with E-state index in [1.54, 1.807) is 0 Å². The molecule has 0 atom stereocenters. The summed E-state index contributed by atoms with van der Waals surface area (Å²) in [5.74, 6) is 1.54. The highest BCUT2D eigenvalue weighted by atomic mass is 16.5. The number of benzene rings is 3. The second kappa shape index (κ2) is 5.59. The Hall–Kier alpha value is -2.94. The smallest absolute Gasteiger partial charge is 0.128 e. The van der Waals surface area contributed by atoms with Gasteiger partial charge in [0.2, 0.25) is 0 Å². The minimum atomic E-state index is 0.695. The van der Waals surface area contributed by atoms with Gasteiger partial charge < -0.3 is 16.2 Å². The third-order valence-electron chi connectivity index (χ3n) is 3.20. The maximum atomic E-state index is 6.07. The van der Waals surface area contributed by atoms with Gasteiger partial charge in [-0.05, 0) is 48.0 Å². The van der Waals surface area contributed by atoms with Crippen LogP contribution in [-0.4, -0.2) is 0 Å². The summed E-state index contributed by atoms with van der Waals surface area (Å²) < 4.78 is 5.84. The van der Waals surface area contributed by atoms with Gasteiger partial charge in [-0.15, -0.1) is 0 Å². The number of anilines is 2. The molecule has 3 aromatic rings. The first kappa shape index (κ1) is 13.1. The van der Waals surface area contributed by atoms with Crippen molar-refractivity contribution < 1.29 is 4.74 Å². The molecule has 21 heavy (non-hydrogen) atoms. The van der Waals surface area contributed by atoms with Crippen LogP contribution < -0.4 is 16.2 Å². The zero-order valence-corrected chi connectivity index (χ0v) is 11.5. The van der Waals surface area contributed by atoms with Gasteiger partial charge in [0.1, 0.15) is 11.5 Å². The number of para-hydroxylation sites is 1. The van der Waals surface area contributed by atoms with Crippen molar-refractivity contribution >= 4 is 11.4 Å². The van der Waals surface area contributed by atoms with Gasteiger partial charge in [0.15, 0.2) is 0 Å². The number of hydrogen-bond donors (Lipinski definition) is 2. The van der Waals surface area contributed by atoms with Crippen molar-refractivity contribution in [2.75, 3.05) is 11.5 Å². The lowest BCUT2D eigenvalue weighted by Crippen LogP contribution is -1.93. The normalized spacial score (nSPS) is 10.3. The Labute approximate surface area is 123 Å². The molecule has 0 saturated carbocycles. The van der Waals surface area contributed by atoms with Crippen LogP contribution in [0, 0.1) is 0 Å². The molecule has 4 N–H and O–H groups in total. The fourth-order valence-corrected chi connectivity index (χ4v) is 2.18. The fraction of sp³-hybridized carbons (Fsp3) is 0. The molecule has 3 nitrogen and oxygen atoms in total. The summed E-state index contributed by atoms with van der Waals surface area (Å²) in [5.41, 5.74) is 15.2. The van der Waals surface area contributed by atoms with Gasteiger partial charge in [0, 0.05) is 16.9 Å². The van der Waals surface area contributed by atoms with E-state index in [1.807, 2.05) is 72.8 Å². The van der Waals surface area contributed by atoms with E-state index >= 15 is 0 Å². The predicted molar refractivity (Wildman–Crippen MR) is 87.2 cm³/mol. The summed E-state index contributed by atoms with van der Waals surface area (Å²) in [6.45, 7) is 0. The van der Waals surface area contributed by atoms with Crippen LogP contribution in [0.1, 0.15) is 0 Å². The molecule has 0 bridgehead atoms. The topological polar surface area (TPSA) is 61.3 Å². The predicted octanol–water partition coefficient (Wildman–Crippen LogP) is 4.31. The molecule has 104 valence electrons. The first-order valence-electron chi connectivity index (χ1n) is 6.71. The van der Waals surface area contributed by atoms with Crippen molar-refractivity contribution in [3.63, 3.8) is 0 Å². The van der Waals surface area contributed by atoms with Crippen LogP contribution in [0.4, 0.5) is 11.4 Å². The Morgan fingerprint density at radius 1 is 0.667 bits per heavy atom. The van der Waals surface area contributed by atoms with E-state index in [9.17, 15) is 0 Å². The standard InChI is InChI=1S/C18H16N2O/c19-14-6-4-5-13(11-14)17-12-16(9-10-18(17)20)21-15-7-2-1-3-8-15/h1-12H,19-20H2. The van der Waals surface area contributed by atoms with Crippen LogP contribution in [0.2, 0.25) is 0 Å². The molecule has 0 aromatic heterocycles. The number of rotatable bonds is 3. The van der Waals surface area contributed by atoms with Crippen molar-refractivity contribution in [1.29, 1.82) is 0 Å². The molecule has 0 heterocycles. The highest BCUT2D eigenvalue weighted by Gasteiger charge is 2.06. The molecule has 0 aliphatic heterocycles. The quantitative estimate of drug-likeness (QED) is 0.701. The minimum absolute atomic E-state index is 0.695. The van der Waals surface area contributed by atoms with Crippen LogP contribution >= 0.6 is 0 Å². The Balaban J connectivity index is 1.97. The maximum absolute atomic E-state index is 6.07. The van der Waals surface area contributed by atoms with Crippen molar-refractivity contribution in [3.05, 3.63) is 72.8 Å². The molecular weight excluding hydrogens is 260 g/mol. The molecule has 0 radical (unpaired) electrons. The first-order chi connectivity index (χ1) is 10.2. The highest BCUT2D eigenvalue weighted by Crippen LogP contribution is 2.32. The zero-order valence-electron chi connectivity index (χ0n) is 11.5. The van der Waals surface area contributed by atoms with Gasteiger partial charge in [-0.3, -0.25) is 0 Å². The third-order valence-corrected chi connectivity index (χ3v) is 3.20. The van der Waals surface area contributed by atoms with Crippen molar-refractivity contribution in [3.8, 4) is 22.6 Å². The summed E-state index contributed by atoms with van der Waals surface area (Å²) in [6.07, 6.45) is 0. The van der Waals surface area contributed by atoms with Crippen LogP contribution in [0.15, 0.2) is 72.8 Å². The molecule has 3 heteroatoms. The molecule has 3 aromatic carbocycles. The number of nitrogens with two attached hydrogens (primary N) is 2. The van der Waals surface area contributed by atoms with E-state index in [0.717, 1.165) is 22.6 Å². The molecule has 0 aliphatic carbocycles. The van der Waals surface area contributed by atoms with E-state index in [-0.39, 0.29) is 0 Å². The lowest BCUT2D eigenvalue weighted by Gasteiger charge is -2.11. The molecule has 3 rings (SSSR count). The molecule has 0 amide bonds. The average molecular weight is 276 g/mol. The van der Waals surface area contributed by atoms with Gasteiger partial charge >= 0.3 is 0 Å². The summed E-state index contributed by atoms with van der Waals surface area (Å²) in [7, 11) is 0. The second-order valence-corrected chi connectivity index (χ2v) is 4.79. The Morgan fingerprint density at radius 2 is 1.48 bits per heavy atom. The molecule has 0 spiro atoms. The van der Waals surface area contributed by atoms with Gasteiger partial charge in [-0.1, -0.05) is 30.3 Å².